The van der Waals surface area contributed by atoms with Crippen molar-refractivity contribution in [3.8, 4) is 0 Å². The van der Waals surface area contributed by atoms with Crippen LogP contribution in [0.25, 0.3) is 6.08 Å². The molecule has 0 N–H and O–H groups in total. The zero-order chi connectivity index (χ0) is 20.5. The Morgan fingerprint density at radius 3 is 2.79 bits per heavy atom. The second-order valence-corrected chi connectivity index (χ2v) is 10.6. The van der Waals surface area contributed by atoms with Crippen molar-refractivity contribution >= 4 is 56.0 Å². The number of benzene rings is 1. The molecule has 0 unspecified atom stereocenters. The summed E-state index contributed by atoms with van der Waals surface area (Å²) in [6.45, 7) is 0.0991. The minimum Gasteiger partial charge on any atom is -0.342 e. The number of carbonyl (C=O) groups excluding carboxylic acids is 2. The Kier molecular flexibility index (Phi) is 6.21. The molecule has 1 aromatic rings. The summed E-state index contributed by atoms with van der Waals surface area (Å²) in [5.41, 5.74) is 0.293. The second-order valence-electron chi connectivity index (χ2n) is 6.67. The minimum atomic E-state index is -3.08. The molecule has 0 bridgehead atoms. The van der Waals surface area contributed by atoms with Gasteiger partial charge < -0.3 is 4.90 Å². The van der Waals surface area contributed by atoms with Crippen LogP contribution in [0.3, 0.4) is 0 Å². The number of thioether (sulfide) groups is 1. The number of thiocarbonyl (C=S) groups is 1. The Morgan fingerprint density at radius 2 is 2.14 bits per heavy atom. The quantitative estimate of drug-likeness (QED) is 0.513. The maximum atomic E-state index is 13.8. The first-order valence-electron chi connectivity index (χ1n) is 8.64. The first-order chi connectivity index (χ1) is 13.2. The van der Waals surface area contributed by atoms with Gasteiger partial charge in [0.2, 0.25) is 5.91 Å². The van der Waals surface area contributed by atoms with Crippen LogP contribution in [0, 0.1) is 5.82 Å². The van der Waals surface area contributed by atoms with Gasteiger partial charge in [-0.05, 0) is 18.6 Å². The average molecular weight is 443 g/mol. The van der Waals surface area contributed by atoms with Crippen molar-refractivity contribution in [3.63, 3.8) is 0 Å². The van der Waals surface area contributed by atoms with Crippen LogP contribution in [0.1, 0.15) is 18.4 Å². The number of hydrogen-bond acceptors (Lipinski definition) is 6. The Morgan fingerprint density at radius 1 is 1.43 bits per heavy atom. The van der Waals surface area contributed by atoms with Gasteiger partial charge in [0.25, 0.3) is 5.91 Å². The van der Waals surface area contributed by atoms with Crippen molar-refractivity contribution in [2.75, 3.05) is 25.1 Å². The van der Waals surface area contributed by atoms with E-state index in [1.807, 2.05) is 0 Å². The van der Waals surface area contributed by atoms with Crippen LogP contribution in [-0.2, 0) is 19.4 Å². The third kappa shape index (κ3) is 4.61. The van der Waals surface area contributed by atoms with E-state index >= 15 is 0 Å². The van der Waals surface area contributed by atoms with E-state index in [1.54, 1.807) is 25.2 Å². The van der Waals surface area contributed by atoms with Gasteiger partial charge in [-0.25, -0.2) is 12.8 Å². The lowest BCUT2D eigenvalue weighted by Crippen LogP contribution is -2.40. The first kappa shape index (κ1) is 20.9. The molecule has 1 atom stereocenters. The van der Waals surface area contributed by atoms with Crippen molar-refractivity contribution in [1.29, 1.82) is 0 Å². The Bertz CT molecular complexity index is 961. The molecule has 2 fully saturated rings. The first-order valence-corrected chi connectivity index (χ1v) is 11.7. The molecule has 0 radical (unpaired) electrons. The van der Waals surface area contributed by atoms with Gasteiger partial charge in [0.15, 0.2) is 9.84 Å². The summed E-state index contributed by atoms with van der Waals surface area (Å²) < 4.78 is 37.3. The standard InChI is InChI=1S/C18H19FN2O4S3/c1-20(13-7-9-28(24,25)11-13)16(22)6-8-21-17(23)15(27-18(21)26)10-12-4-2-3-5-14(12)19/h2-5,10,13H,6-9,11H2,1H3/b15-10-/t13-/m0/s1. The van der Waals surface area contributed by atoms with Gasteiger partial charge in [-0.3, -0.25) is 14.5 Å². The molecule has 3 rings (SSSR count). The molecular formula is C18H19FN2O4S3. The van der Waals surface area contributed by atoms with Crippen LogP contribution in [0.4, 0.5) is 4.39 Å². The van der Waals surface area contributed by atoms with Crippen molar-refractivity contribution in [1.82, 2.24) is 9.80 Å². The Hall–Kier alpha value is -1.78. The van der Waals surface area contributed by atoms with E-state index in [4.69, 9.17) is 12.2 Å². The van der Waals surface area contributed by atoms with Crippen LogP contribution in [0.15, 0.2) is 29.2 Å². The van der Waals surface area contributed by atoms with Crippen LogP contribution < -0.4 is 0 Å². The molecule has 2 saturated heterocycles. The monoisotopic (exact) mass is 442 g/mol. The van der Waals surface area contributed by atoms with Gasteiger partial charge in [-0.1, -0.05) is 42.2 Å². The normalized spacial score (nSPS) is 22.9. The number of amides is 2. The van der Waals surface area contributed by atoms with Gasteiger partial charge in [-0.2, -0.15) is 0 Å². The van der Waals surface area contributed by atoms with Gasteiger partial charge in [-0.15, -0.1) is 0 Å². The van der Waals surface area contributed by atoms with Gasteiger partial charge in [0.05, 0.1) is 16.4 Å². The minimum absolute atomic E-state index is 0.0261. The predicted octanol–water partition coefficient (Wildman–Crippen LogP) is 2.06. The highest BCUT2D eigenvalue weighted by Crippen LogP contribution is 2.33. The van der Waals surface area contributed by atoms with E-state index in [0.717, 1.165) is 11.8 Å². The summed E-state index contributed by atoms with van der Waals surface area (Å²) in [5.74, 6) is -0.977. The van der Waals surface area contributed by atoms with E-state index in [-0.39, 0.29) is 42.3 Å². The molecule has 0 spiro atoms. The number of rotatable bonds is 5. The summed E-state index contributed by atoms with van der Waals surface area (Å²) in [6.07, 6.45) is 1.91. The molecule has 10 heteroatoms. The third-order valence-electron chi connectivity index (χ3n) is 4.76. The number of halogens is 1. The van der Waals surface area contributed by atoms with Crippen molar-refractivity contribution in [3.05, 3.63) is 40.6 Å². The topological polar surface area (TPSA) is 74.8 Å². The highest BCUT2D eigenvalue weighted by Gasteiger charge is 2.35. The van der Waals surface area contributed by atoms with Crippen molar-refractivity contribution in [2.45, 2.75) is 18.9 Å². The van der Waals surface area contributed by atoms with Crippen LogP contribution in [0.5, 0.6) is 0 Å². The fourth-order valence-corrected chi connectivity index (χ4v) is 6.17. The van der Waals surface area contributed by atoms with Crippen LogP contribution in [0.2, 0.25) is 0 Å². The summed E-state index contributed by atoms with van der Waals surface area (Å²) >= 11 is 6.30. The molecule has 6 nitrogen and oxygen atoms in total. The average Bonchev–Trinajstić information content (AvgIpc) is 3.13. The lowest BCUT2D eigenvalue weighted by molar-refractivity contribution is -0.132. The van der Waals surface area contributed by atoms with Crippen LogP contribution >= 0.6 is 24.0 Å². The van der Waals surface area contributed by atoms with E-state index in [9.17, 15) is 22.4 Å². The maximum absolute atomic E-state index is 13.8. The summed E-state index contributed by atoms with van der Waals surface area (Å²) in [4.78, 5) is 28.1. The maximum Gasteiger partial charge on any atom is 0.266 e. The number of carbonyl (C=O) groups is 2. The zero-order valence-corrected chi connectivity index (χ0v) is 17.6. The molecule has 2 aliphatic heterocycles. The van der Waals surface area contributed by atoms with Gasteiger partial charge in [0.1, 0.15) is 10.1 Å². The fourth-order valence-electron chi connectivity index (χ4n) is 3.09. The number of hydrogen-bond donors (Lipinski definition) is 0. The molecule has 0 aliphatic carbocycles. The summed E-state index contributed by atoms with van der Waals surface area (Å²) in [5, 5.41) is 0. The zero-order valence-electron chi connectivity index (χ0n) is 15.1. The SMILES string of the molecule is CN(C(=O)CCN1C(=O)/C(=C/c2ccccc2F)SC1=S)[C@H]1CCS(=O)(=O)C1. The Balaban J connectivity index is 1.62. The largest absolute Gasteiger partial charge is 0.342 e. The highest BCUT2D eigenvalue weighted by atomic mass is 32.2. The fraction of sp³-hybridized carbons (Fsp3) is 0.389. The highest BCUT2D eigenvalue weighted by molar-refractivity contribution is 8.26. The van der Waals surface area contributed by atoms with E-state index < -0.39 is 15.7 Å². The van der Waals surface area contributed by atoms with Crippen LogP contribution in [-0.4, -0.2) is 65.5 Å². The second kappa shape index (κ2) is 8.30. The molecule has 2 aliphatic rings. The molecule has 0 saturated carbocycles. The lowest BCUT2D eigenvalue weighted by atomic mass is 10.2. The van der Waals surface area contributed by atoms with Gasteiger partial charge >= 0.3 is 0 Å². The smallest absolute Gasteiger partial charge is 0.266 e. The molecular weight excluding hydrogens is 423 g/mol. The summed E-state index contributed by atoms with van der Waals surface area (Å²) in [7, 11) is -1.50. The van der Waals surface area contributed by atoms with Gasteiger partial charge in [0, 0.05) is 31.6 Å². The lowest BCUT2D eigenvalue weighted by Gasteiger charge is -2.24. The third-order valence-corrected chi connectivity index (χ3v) is 7.89. The van der Waals surface area contributed by atoms with E-state index in [0.29, 0.717) is 21.2 Å². The van der Waals surface area contributed by atoms with Crippen molar-refractivity contribution < 1.29 is 22.4 Å². The molecule has 150 valence electrons. The van der Waals surface area contributed by atoms with E-state index in [1.165, 1.54) is 21.9 Å². The summed E-state index contributed by atoms with van der Waals surface area (Å²) in [6, 6.07) is 5.79. The number of nitrogens with zero attached hydrogens (tertiary/aromatic N) is 2. The molecule has 1 aromatic carbocycles. The molecule has 0 aromatic heterocycles. The molecule has 2 amide bonds. The molecule has 28 heavy (non-hydrogen) atoms. The van der Waals surface area contributed by atoms with E-state index in [2.05, 4.69) is 0 Å². The Labute approximate surface area is 172 Å². The molecule has 2 heterocycles. The van der Waals surface area contributed by atoms with Crippen molar-refractivity contribution in [2.24, 2.45) is 0 Å². The number of sulfone groups is 1. The predicted molar refractivity (Wildman–Crippen MR) is 111 cm³/mol.